The maximum Gasteiger partial charge on any atom is 0.293 e. The Labute approximate surface area is 131 Å². The Hall–Kier alpha value is -2.12. The van der Waals surface area contributed by atoms with E-state index in [0.717, 1.165) is 5.56 Å². The molecule has 2 heterocycles. The summed E-state index contributed by atoms with van der Waals surface area (Å²) < 4.78 is 11.3. The van der Waals surface area contributed by atoms with E-state index in [1.54, 1.807) is 18.2 Å². The van der Waals surface area contributed by atoms with Crippen LogP contribution in [-0.2, 0) is 9.47 Å². The summed E-state index contributed by atoms with van der Waals surface area (Å²) in [6.45, 7) is 0.619. The lowest BCUT2D eigenvalue weighted by molar-refractivity contribution is -0.184. The second-order valence-corrected chi connectivity index (χ2v) is 6.04. The first kappa shape index (κ1) is 13.5. The van der Waals surface area contributed by atoms with Crippen LogP contribution in [0.5, 0.6) is 0 Å². The first-order chi connectivity index (χ1) is 10.6. The summed E-state index contributed by atoms with van der Waals surface area (Å²) in [6.07, 6.45) is 0. The molecule has 3 aliphatic rings. The first-order valence-electron chi connectivity index (χ1n) is 6.80. The van der Waals surface area contributed by atoms with Crippen molar-refractivity contribution in [3.05, 3.63) is 34.9 Å². The Morgan fingerprint density at radius 2 is 2.00 bits per heavy atom. The van der Waals surface area contributed by atoms with Gasteiger partial charge in [-0.15, -0.1) is 0 Å². The summed E-state index contributed by atoms with van der Waals surface area (Å²) in [5.74, 6) is -1.89. The highest BCUT2D eigenvalue weighted by atomic mass is 35.5. The van der Waals surface area contributed by atoms with E-state index in [1.165, 1.54) is 0 Å². The minimum absolute atomic E-state index is 0.0865. The molecular weight excluding hydrogens is 304 g/mol. The van der Waals surface area contributed by atoms with Gasteiger partial charge in [-0.25, -0.2) is 4.99 Å². The Kier molecular flexibility index (Phi) is 2.46. The zero-order valence-corrected chi connectivity index (χ0v) is 12.2. The number of aliphatic imine (C=N–C) groups is 1. The van der Waals surface area contributed by atoms with Crippen LogP contribution in [0.1, 0.15) is 11.5 Å². The van der Waals surface area contributed by atoms with E-state index in [-0.39, 0.29) is 5.84 Å². The van der Waals surface area contributed by atoms with Gasteiger partial charge in [0.05, 0.1) is 25.4 Å². The molecule has 7 heteroatoms. The zero-order chi connectivity index (χ0) is 15.6. The van der Waals surface area contributed by atoms with Gasteiger partial charge in [0.2, 0.25) is 0 Å². The molecule has 3 atom stereocenters. The quantitative estimate of drug-likeness (QED) is 0.846. The van der Waals surface area contributed by atoms with Gasteiger partial charge < -0.3 is 15.2 Å². The van der Waals surface area contributed by atoms with Gasteiger partial charge in [-0.05, 0) is 17.7 Å². The molecule has 1 saturated heterocycles. The van der Waals surface area contributed by atoms with E-state index in [9.17, 15) is 10.5 Å². The third kappa shape index (κ3) is 1.17. The average molecular weight is 315 g/mol. The summed E-state index contributed by atoms with van der Waals surface area (Å²) in [7, 11) is 0. The highest BCUT2D eigenvalue weighted by Gasteiger charge is 2.94. The van der Waals surface area contributed by atoms with Crippen molar-refractivity contribution in [1.82, 2.24) is 0 Å². The summed E-state index contributed by atoms with van der Waals surface area (Å²) in [5.41, 5.74) is 4.27. The number of nitriles is 2. The predicted molar refractivity (Wildman–Crippen MR) is 76.5 cm³/mol. The Bertz CT molecular complexity index is 789. The summed E-state index contributed by atoms with van der Waals surface area (Å²) >= 11 is 6.05. The zero-order valence-electron chi connectivity index (χ0n) is 11.4. The molecule has 0 aromatic heterocycles. The van der Waals surface area contributed by atoms with Gasteiger partial charge in [-0.1, -0.05) is 23.7 Å². The van der Waals surface area contributed by atoms with Crippen LogP contribution in [0, 0.1) is 33.5 Å². The summed E-state index contributed by atoms with van der Waals surface area (Å²) in [6, 6.07) is 11.5. The Morgan fingerprint density at radius 1 is 1.27 bits per heavy atom. The van der Waals surface area contributed by atoms with Crippen molar-refractivity contribution < 1.29 is 9.47 Å². The van der Waals surface area contributed by atoms with Gasteiger partial charge in [0.25, 0.3) is 5.91 Å². The molecule has 1 aromatic carbocycles. The minimum Gasteiger partial charge on any atom is -0.386 e. The maximum atomic E-state index is 9.88. The summed E-state index contributed by atoms with van der Waals surface area (Å²) in [4.78, 5) is 4.21. The number of nitrogens with two attached hydrogens (primary N) is 1. The molecule has 0 bridgehead atoms. The molecule has 2 fully saturated rings. The number of benzene rings is 1. The molecule has 4 rings (SSSR count). The summed E-state index contributed by atoms with van der Waals surface area (Å²) in [5, 5.41) is 20.2. The van der Waals surface area contributed by atoms with Crippen LogP contribution in [0.3, 0.4) is 0 Å². The lowest BCUT2D eigenvalue weighted by Crippen LogP contribution is -2.38. The largest absolute Gasteiger partial charge is 0.386 e. The molecule has 6 nitrogen and oxygen atoms in total. The molecule has 1 aromatic rings. The molecule has 0 unspecified atom stereocenters. The fourth-order valence-corrected chi connectivity index (χ4v) is 4.10. The van der Waals surface area contributed by atoms with E-state index in [2.05, 4.69) is 17.1 Å². The maximum absolute atomic E-state index is 9.88. The van der Waals surface area contributed by atoms with Crippen LogP contribution in [0.4, 0.5) is 0 Å². The second-order valence-electron chi connectivity index (χ2n) is 5.60. The van der Waals surface area contributed by atoms with Crippen molar-refractivity contribution in [3.63, 3.8) is 0 Å². The third-order valence-corrected chi connectivity index (χ3v) is 5.02. The lowest BCUT2D eigenvalue weighted by Gasteiger charge is -2.25. The second kappa shape index (κ2) is 3.99. The van der Waals surface area contributed by atoms with Gasteiger partial charge in [-0.3, -0.25) is 0 Å². The molecule has 110 valence electrons. The predicted octanol–water partition coefficient (Wildman–Crippen LogP) is 1.53. The van der Waals surface area contributed by atoms with Gasteiger partial charge in [0, 0.05) is 10.9 Å². The number of halogens is 1. The molecule has 1 spiro atoms. The van der Waals surface area contributed by atoms with Gasteiger partial charge in [-0.2, -0.15) is 10.5 Å². The van der Waals surface area contributed by atoms with Crippen molar-refractivity contribution >= 4 is 17.4 Å². The van der Waals surface area contributed by atoms with E-state index >= 15 is 0 Å². The van der Waals surface area contributed by atoms with Crippen molar-refractivity contribution in [1.29, 1.82) is 10.5 Å². The molecule has 2 aliphatic heterocycles. The van der Waals surface area contributed by atoms with Crippen LogP contribution in [0.15, 0.2) is 29.3 Å². The van der Waals surface area contributed by atoms with Crippen LogP contribution in [-0.4, -0.2) is 25.0 Å². The van der Waals surface area contributed by atoms with Crippen molar-refractivity contribution in [2.75, 3.05) is 13.2 Å². The number of rotatable bonds is 1. The molecule has 1 aliphatic carbocycles. The van der Waals surface area contributed by atoms with E-state index < -0.39 is 22.7 Å². The first-order valence-corrected chi connectivity index (χ1v) is 7.17. The van der Waals surface area contributed by atoms with Crippen LogP contribution < -0.4 is 5.73 Å². The van der Waals surface area contributed by atoms with Gasteiger partial charge in [0.1, 0.15) is 11.3 Å². The standard InChI is InChI=1S/C15H11ClN4O2/c16-10-3-1-2-9(6-10)11-13(7-17)12(19)20-15(14(11,13)8-18)21-4-5-22-15/h1-3,6,11H,4-5H2,(H2,19,20)/t11-,13-,14+/m0/s1. The number of hydrogen-bond acceptors (Lipinski definition) is 6. The SMILES string of the molecule is N#C[C@@]12[C@@H](c3cccc(Cl)c3)[C@@]1(C#N)C(N)=NC21OCCO1. The average Bonchev–Trinajstić information content (AvgIpc) is 2.77. The van der Waals surface area contributed by atoms with Crippen molar-refractivity contribution in [2.24, 2.45) is 21.6 Å². The molecule has 2 N–H and O–H groups in total. The van der Waals surface area contributed by atoms with Gasteiger partial charge in [0.15, 0.2) is 5.41 Å². The number of amidine groups is 1. The lowest BCUT2D eigenvalue weighted by atomic mass is 9.94. The number of nitrogens with zero attached hydrogens (tertiary/aromatic N) is 3. The van der Waals surface area contributed by atoms with Crippen molar-refractivity contribution in [2.45, 2.75) is 11.8 Å². The van der Waals surface area contributed by atoms with Gasteiger partial charge >= 0.3 is 0 Å². The fourth-order valence-electron chi connectivity index (χ4n) is 3.90. The van der Waals surface area contributed by atoms with E-state index in [1.807, 2.05) is 6.07 Å². The topological polar surface area (TPSA) is 104 Å². The molecule has 0 amide bonds. The molecular formula is C15H11ClN4O2. The van der Waals surface area contributed by atoms with Crippen molar-refractivity contribution in [3.8, 4) is 12.1 Å². The van der Waals surface area contributed by atoms with Crippen LogP contribution in [0.25, 0.3) is 0 Å². The third-order valence-electron chi connectivity index (χ3n) is 4.79. The van der Waals surface area contributed by atoms with E-state index in [4.69, 9.17) is 26.8 Å². The normalized spacial score (nSPS) is 37.2. The highest BCUT2D eigenvalue weighted by Crippen LogP contribution is 2.82. The van der Waals surface area contributed by atoms with Crippen LogP contribution >= 0.6 is 11.6 Å². The highest BCUT2D eigenvalue weighted by molar-refractivity contribution is 6.30. The monoisotopic (exact) mass is 314 g/mol. The number of hydrogen-bond donors (Lipinski definition) is 1. The number of fused-ring (bicyclic) bond motifs is 2. The molecule has 1 saturated carbocycles. The Morgan fingerprint density at radius 3 is 2.59 bits per heavy atom. The number of ether oxygens (including phenoxy) is 2. The molecule has 0 radical (unpaired) electrons. The Balaban J connectivity index is 1.94. The van der Waals surface area contributed by atoms with Crippen LogP contribution in [0.2, 0.25) is 5.02 Å². The minimum atomic E-state index is -1.49. The van der Waals surface area contributed by atoms with E-state index in [0.29, 0.717) is 18.2 Å². The molecule has 22 heavy (non-hydrogen) atoms. The smallest absolute Gasteiger partial charge is 0.293 e. The fraction of sp³-hybridized carbons (Fsp3) is 0.400.